The molecule has 0 aliphatic carbocycles. The Hall–Kier alpha value is -3.94. The summed E-state index contributed by atoms with van der Waals surface area (Å²) in [7, 11) is 0. The minimum Gasteiger partial charge on any atom is -0.493 e. The highest BCUT2D eigenvalue weighted by molar-refractivity contribution is 5.92. The number of hydrogen-bond donors (Lipinski definition) is 2. The van der Waals surface area contributed by atoms with Crippen molar-refractivity contribution in [2.24, 2.45) is 0 Å². The van der Waals surface area contributed by atoms with E-state index in [1.54, 1.807) is 24.3 Å². The Kier molecular flexibility index (Phi) is 7.29. The lowest BCUT2D eigenvalue weighted by Gasteiger charge is -2.12. The van der Waals surface area contributed by atoms with E-state index >= 15 is 0 Å². The van der Waals surface area contributed by atoms with Crippen LogP contribution >= 0.6 is 0 Å². The number of hydrogen-bond acceptors (Lipinski definition) is 5. The van der Waals surface area contributed by atoms with Crippen LogP contribution in [0.25, 0.3) is 22.2 Å². The van der Waals surface area contributed by atoms with Crippen molar-refractivity contribution in [2.45, 2.75) is 40.2 Å². The minimum atomic E-state index is -1.03. The zero-order valence-electron chi connectivity index (χ0n) is 20.1. The zero-order valence-corrected chi connectivity index (χ0v) is 20.1. The van der Waals surface area contributed by atoms with E-state index in [-0.39, 0.29) is 11.4 Å². The molecule has 35 heavy (non-hydrogen) atoms. The normalized spacial score (nSPS) is 11.1. The molecule has 0 bridgehead atoms. The molecule has 0 spiro atoms. The molecular formula is C27H29FN4O3. The van der Waals surface area contributed by atoms with Crippen LogP contribution in [0.4, 0.5) is 10.2 Å². The molecule has 4 aromatic rings. The van der Waals surface area contributed by atoms with E-state index in [4.69, 9.17) is 4.74 Å². The molecule has 0 radical (unpaired) electrons. The molecule has 0 aliphatic rings. The van der Waals surface area contributed by atoms with E-state index in [9.17, 15) is 14.3 Å². The fourth-order valence-electron chi connectivity index (χ4n) is 4.10. The van der Waals surface area contributed by atoms with Gasteiger partial charge in [-0.15, -0.1) is 0 Å². The fourth-order valence-corrected chi connectivity index (χ4v) is 4.10. The Bertz CT molecular complexity index is 1370. The number of nitrogens with zero attached hydrogens (tertiary/aromatic N) is 3. The van der Waals surface area contributed by atoms with Crippen LogP contribution in [-0.4, -0.2) is 38.8 Å². The van der Waals surface area contributed by atoms with Gasteiger partial charge in [0.15, 0.2) is 0 Å². The summed E-state index contributed by atoms with van der Waals surface area (Å²) in [6.07, 6.45) is 3.25. The van der Waals surface area contributed by atoms with E-state index < -0.39 is 5.97 Å². The molecule has 4 rings (SSSR count). The van der Waals surface area contributed by atoms with Crippen LogP contribution in [0, 0.1) is 19.7 Å². The van der Waals surface area contributed by atoms with Gasteiger partial charge in [-0.1, -0.05) is 25.5 Å². The molecule has 0 saturated carbocycles. The van der Waals surface area contributed by atoms with Gasteiger partial charge >= 0.3 is 5.97 Å². The number of aromatic nitrogens is 3. The number of ether oxygens (including phenoxy) is 1. The largest absolute Gasteiger partial charge is 0.493 e. The number of aromatic carboxylic acids is 1. The maximum absolute atomic E-state index is 14.5. The first-order valence-electron chi connectivity index (χ1n) is 11.7. The van der Waals surface area contributed by atoms with Gasteiger partial charge in [-0.3, -0.25) is 0 Å². The topological polar surface area (TPSA) is 89.3 Å². The molecule has 2 aromatic heterocycles. The van der Waals surface area contributed by atoms with Crippen molar-refractivity contribution in [3.63, 3.8) is 0 Å². The predicted molar refractivity (Wildman–Crippen MR) is 135 cm³/mol. The van der Waals surface area contributed by atoms with Crippen molar-refractivity contribution < 1.29 is 19.0 Å². The lowest BCUT2D eigenvalue weighted by atomic mass is 10.1. The number of carboxylic acid groups (broad SMARTS) is 1. The minimum absolute atomic E-state index is 0.119. The molecule has 0 aliphatic heterocycles. The molecule has 0 fully saturated rings. The summed E-state index contributed by atoms with van der Waals surface area (Å²) in [5, 5.41) is 13.7. The summed E-state index contributed by atoms with van der Waals surface area (Å²) in [5.41, 5.74) is 4.15. The molecule has 2 heterocycles. The van der Waals surface area contributed by atoms with Crippen LogP contribution in [0.5, 0.6) is 5.75 Å². The third-order valence-electron chi connectivity index (χ3n) is 6.01. The molecule has 0 unspecified atom stereocenters. The summed E-state index contributed by atoms with van der Waals surface area (Å²) in [6, 6.07) is 12.1. The molecule has 182 valence electrons. The number of carbonyl (C=O) groups is 1. The molecular weight excluding hydrogens is 447 g/mol. The predicted octanol–water partition coefficient (Wildman–Crippen LogP) is 5.84. The summed E-state index contributed by atoms with van der Waals surface area (Å²) in [5.74, 6) is -0.322. The summed E-state index contributed by atoms with van der Waals surface area (Å²) < 4.78 is 22.2. The first-order valence-corrected chi connectivity index (χ1v) is 11.7. The van der Waals surface area contributed by atoms with E-state index in [0.29, 0.717) is 42.5 Å². The highest BCUT2D eigenvalue weighted by atomic mass is 19.1. The highest BCUT2D eigenvalue weighted by Crippen LogP contribution is 2.28. The summed E-state index contributed by atoms with van der Waals surface area (Å²) in [6.45, 7) is 7.56. The summed E-state index contributed by atoms with van der Waals surface area (Å²) in [4.78, 5) is 20.2. The number of aryl methyl sites for hydroxylation is 2. The first-order chi connectivity index (χ1) is 16.9. The number of nitrogens with one attached hydrogen (secondary N) is 1. The molecule has 0 amide bonds. The Labute approximate surface area is 203 Å². The van der Waals surface area contributed by atoms with Crippen LogP contribution in [0.15, 0.2) is 48.8 Å². The maximum Gasteiger partial charge on any atom is 0.339 e. The SMILES string of the molecule is CCCCOc1cc(-c2cc(NCCn3c(C)cc4c(C)ccc(F)c43)ncn2)ccc1C(=O)O. The highest BCUT2D eigenvalue weighted by Gasteiger charge is 2.15. The van der Waals surface area contributed by atoms with Crippen molar-refractivity contribution in [3.8, 4) is 17.0 Å². The van der Waals surface area contributed by atoms with Crippen LogP contribution < -0.4 is 10.1 Å². The van der Waals surface area contributed by atoms with E-state index in [1.165, 1.54) is 18.5 Å². The maximum atomic E-state index is 14.5. The number of benzene rings is 2. The second-order valence-corrected chi connectivity index (χ2v) is 8.50. The quantitative estimate of drug-likeness (QED) is 0.279. The van der Waals surface area contributed by atoms with Crippen LogP contribution in [-0.2, 0) is 6.54 Å². The van der Waals surface area contributed by atoms with Crippen LogP contribution in [0.3, 0.4) is 0 Å². The van der Waals surface area contributed by atoms with Gasteiger partial charge < -0.3 is 19.7 Å². The van der Waals surface area contributed by atoms with Gasteiger partial charge in [0.05, 0.1) is 17.8 Å². The third-order valence-corrected chi connectivity index (χ3v) is 6.01. The summed E-state index contributed by atoms with van der Waals surface area (Å²) >= 11 is 0. The Balaban J connectivity index is 1.51. The van der Waals surface area contributed by atoms with Crippen molar-refractivity contribution >= 4 is 22.7 Å². The standard InChI is InChI=1S/C27H29FN4O3/c1-4-5-12-35-24-14-19(7-8-20(24)27(33)34)23-15-25(31-16-30-23)29-10-11-32-18(3)13-21-17(2)6-9-22(28)26(21)32/h6-9,13-16H,4-5,10-12H2,1-3H3,(H,33,34)(H,29,30,31). The van der Waals surface area contributed by atoms with E-state index in [1.807, 2.05) is 31.4 Å². The second-order valence-electron chi connectivity index (χ2n) is 8.50. The van der Waals surface area contributed by atoms with Crippen LogP contribution in [0.2, 0.25) is 0 Å². The molecule has 8 heteroatoms. The molecule has 2 aromatic carbocycles. The second kappa shape index (κ2) is 10.5. The van der Waals surface area contributed by atoms with Gasteiger partial charge in [0.2, 0.25) is 0 Å². The number of rotatable bonds is 10. The lowest BCUT2D eigenvalue weighted by Crippen LogP contribution is -2.13. The fraction of sp³-hybridized carbons (Fsp3) is 0.296. The Morgan fingerprint density at radius 2 is 1.97 bits per heavy atom. The van der Waals surface area contributed by atoms with Gasteiger partial charge in [-0.05, 0) is 50.1 Å². The number of halogens is 1. The van der Waals surface area contributed by atoms with E-state index in [2.05, 4.69) is 15.3 Å². The van der Waals surface area contributed by atoms with Gasteiger partial charge in [0.1, 0.15) is 29.3 Å². The van der Waals surface area contributed by atoms with Crippen molar-refractivity contribution in [1.29, 1.82) is 0 Å². The van der Waals surface area contributed by atoms with Gasteiger partial charge in [0, 0.05) is 35.8 Å². The Morgan fingerprint density at radius 3 is 2.74 bits per heavy atom. The zero-order chi connectivity index (χ0) is 24.9. The molecule has 0 atom stereocenters. The smallest absolute Gasteiger partial charge is 0.339 e. The van der Waals surface area contributed by atoms with Gasteiger partial charge in [-0.25, -0.2) is 19.2 Å². The number of anilines is 1. The average Bonchev–Trinajstić information content (AvgIpc) is 3.19. The molecule has 7 nitrogen and oxygen atoms in total. The number of carboxylic acids is 1. The lowest BCUT2D eigenvalue weighted by molar-refractivity contribution is 0.0692. The monoisotopic (exact) mass is 476 g/mol. The average molecular weight is 477 g/mol. The van der Waals surface area contributed by atoms with Crippen molar-refractivity contribution in [1.82, 2.24) is 14.5 Å². The Morgan fingerprint density at radius 1 is 1.14 bits per heavy atom. The van der Waals surface area contributed by atoms with Crippen molar-refractivity contribution in [3.05, 3.63) is 71.4 Å². The van der Waals surface area contributed by atoms with E-state index in [0.717, 1.165) is 35.0 Å². The first kappa shape index (κ1) is 24.2. The van der Waals surface area contributed by atoms with Crippen LogP contribution in [0.1, 0.15) is 41.4 Å². The third kappa shape index (κ3) is 5.26. The van der Waals surface area contributed by atoms with Gasteiger partial charge in [0.25, 0.3) is 0 Å². The molecule has 2 N–H and O–H groups in total. The number of unbranched alkanes of at least 4 members (excludes halogenated alkanes) is 1. The number of fused-ring (bicyclic) bond motifs is 1. The van der Waals surface area contributed by atoms with Crippen molar-refractivity contribution in [2.75, 3.05) is 18.5 Å². The molecule has 0 saturated heterocycles. The van der Waals surface area contributed by atoms with Gasteiger partial charge in [-0.2, -0.15) is 0 Å².